The molecule has 0 fully saturated rings. The molecule has 0 aliphatic heterocycles. The number of nitrogens with zero attached hydrogens (tertiary/aromatic N) is 1. The zero-order valence-electron chi connectivity index (χ0n) is 11.0. The molecule has 0 aromatic heterocycles. The van der Waals surface area contributed by atoms with Gasteiger partial charge >= 0.3 is 0 Å². The second kappa shape index (κ2) is 5.92. The number of nitrogens with one attached hydrogen (secondary N) is 1. The summed E-state index contributed by atoms with van der Waals surface area (Å²) in [5.41, 5.74) is 7.21. The van der Waals surface area contributed by atoms with E-state index < -0.39 is 5.82 Å². The zero-order chi connectivity index (χ0) is 14.7. The highest BCUT2D eigenvalue weighted by molar-refractivity contribution is 6.30. The standard InChI is InChI=1S/C15H15ClFN3/c1-20(9-10-2-5-12(16)6-3-10)14-7-4-11(15(18)19)8-13(14)17/h2-8H,9H2,1H3,(H3,18,19). The van der Waals surface area contributed by atoms with Crippen molar-refractivity contribution in [2.24, 2.45) is 5.73 Å². The fraction of sp³-hybridized carbons (Fsp3) is 0.133. The van der Waals surface area contributed by atoms with E-state index in [-0.39, 0.29) is 5.84 Å². The smallest absolute Gasteiger partial charge is 0.147 e. The normalized spacial score (nSPS) is 10.3. The van der Waals surface area contributed by atoms with E-state index in [4.69, 9.17) is 22.7 Å². The third-order valence-electron chi connectivity index (χ3n) is 3.00. The number of nitrogen functional groups attached to an aromatic ring is 1. The summed E-state index contributed by atoms with van der Waals surface area (Å²) >= 11 is 5.83. The first kappa shape index (κ1) is 14.3. The Morgan fingerprint density at radius 3 is 2.45 bits per heavy atom. The first-order valence-corrected chi connectivity index (χ1v) is 6.44. The summed E-state index contributed by atoms with van der Waals surface area (Å²) in [6, 6.07) is 12.0. The van der Waals surface area contributed by atoms with Gasteiger partial charge in [-0.2, -0.15) is 0 Å². The Morgan fingerprint density at radius 2 is 1.90 bits per heavy atom. The van der Waals surface area contributed by atoms with Crippen molar-refractivity contribution in [2.45, 2.75) is 6.54 Å². The van der Waals surface area contributed by atoms with E-state index in [1.165, 1.54) is 6.07 Å². The Balaban J connectivity index is 2.18. The van der Waals surface area contributed by atoms with Crippen LogP contribution in [-0.4, -0.2) is 12.9 Å². The summed E-state index contributed by atoms with van der Waals surface area (Å²) in [4.78, 5) is 1.79. The molecular formula is C15H15ClFN3. The van der Waals surface area contributed by atoms with Crippen LogP contribution in [0.4, 0.5) is 10.1 Å². The van der Waals surface area contributed by atoms with Crippen LogP contribution in [0.3, 0.4) is 0 Å². The molecule has 0 aliphatic rings. The van der Waals surface area contributed by atoms with Crippen molar-refractivity contribution >= 4 is 23.1 Å². The Morgan fingerprint density at radius 1 is 1.25 bits per heavy atom. The molecule has 0 heterocycles. The van der Waals surface area contributed by atoms with Crippen molar-refractivity contribution in [3.63, 3.8) is 0 Å². The van der Waals surface area contributed by atoms with Crippen LogP contribution in [0.15, 0.2) is 42.5 Å². The molecule has 0 saturated heterocycles. The lowest BCUT2D eigenvalue weighted by Gasteiger charge is -2.20. The SMILES string of the molecule is CN(Cc1ccc(Cl)cc1)c1ccc(C(=N)N)cc1F. The van der Waals surface area contributed by atoms with Crippen LogP contribution in [0.1, 0.15) is 11.1 Å². The van der Waals surface area contributed by atoms with Crippen molar-refractivity contribution in [3.05, 3.63) is 64.4 Å². The second-order valence-electron chi connectivity index (χ2n) is 4.56. The van der Waals surface area contributed by atoms with E-state index in [2.05, 4.69) is 0 Å². The number of hydrogen-bond acceptors (Lipinski definition) is 2. The molecule has 0 amide bonds. The van der Waals surface area contributed by atoms with Crippen LogP contribution in [0, 0.1) is 11.2 Å². The number of benzene rings is 2. The van der Waals surface area contributed by atoms with Crippen LogP contribution in [0.5, 0.6) is 0 Å². The van der Waals surface area contributed by atoms with Crippen molar-refractivity contribution in [1.82, 2.24) is 0 Å². The lowest BCUT2D eigenvalue weighted by molar-refractivity contribution is 0.622. The predicted molar refractivity (Wildman–Crippen MR) is 81.0 cm³/mol. The molecule has 20 heavy (non-hydrogen) atoms. The van der Waals surface area contributed by atoms with Crippen LogP contribution in [0.25, 0.3) is 0 Å². The quantitative estimate of drug-likeness (QED) is 0.670. The Bertz CT molecular complexity index is 626. The van der Waals surface area contributed by atoms with Crippen molar-refractivity contribution in [1.29, 1.82) is 5.41 Å². The van der Waals surface area contributed by atoms with E-state index in [9.17, 15) is 4.39 Å². The van der Waals surface area contributed by atoms with Crippen LogP contribution < -0.4 is 10.6 Å². The van der Waals surface area contributed by atoms with E-state index in [0.29, 0.717) is 22.8 Å². The van der Waals surface area contributed by atoms with E-state index in [0.717, 1.165) is 5.56 Å². The molecule has 0 aliphatic carbocycles. The predicted octanol–water partition coefficient (Wildman–Crippen LogP) is 3.40. The molecule has 0 saturated carbocycles. The molecule has 0 atom stereocenters. The maximum absolute atomic E-state index is 14.0. The number of hydrogen-bond donors (Lipinski definition) is 2. The summed E-state index contributed by atoms with van der Waals surface area (Å²) in [5, 5.41) is 7.97. The highest BCUT2D eigenvalue weighted by atomic mass is 35.5. The summed E-state index contributed by atoms with van der Waals surface area (Å²) in [6.45, 7) is 0.563. The highest BCUT2D eigenvalue weighted by Gasteiger charge is 2.10. The topological polar surface area (TPSA) is 53.1 Å². The summed E-state index contributed by atoms with van der Waals surface area (Å²) in [5.74, 6) is -0.537. The van der Waals surface area contributed by atoms with Crippen LogP contribution in [0.2, 0.25) is 5.02 Å². The summed E-state index contributed by atoms with van der Waals surface area (Å²) in [6.07, 6.45) is 0. The van der Waals surface area contributed by atoms with Gasteiger partial charge in [-0.1, -0.05) is 23.7 Å². The molecular weight excluding hydrogens is 277 g/mol. The van der Waals surface area contributed by atoms with Crippen LogP contribution in [-0.2, 0) is 6.54 Å². The lowest BCUT2D eigenvalue weighted by atomic mass is 10.1. The van der Waals surface area contributed by atoms with Gasteiger partial charge in [0.25, 0.3) is 0 Å². The van der Waals surface area contributed by atoms with E-state index in [1.54, 1.807) is 36.2 Å². The van der Waals surface area contributed by atoms with Gasteiger partial charge in [0.15, 0.2) is 0 Å². The minimum absolute atomic E-state index is 0.143. The number of anilines is 1. The molecule has 104 valence electrons. The van der Waals surface area contributed by atoms with Gasteiger partial charge < -0.3 is 10.6 Å². The van der Waals surface area contributed by atoms with Crippen molar-refractivity contribution < 1.29 is 4.39 Å². The summed E-state index contributed by atoms with van der Waals surface area (Å²) < 4.78 is 14.0. The Labute approximate surface area is 122 Å². The summed E-state index contributed by atoms with van der Waals surface area (Å²) in [7, 11) is 1.81. The first-order valence-electron chi connectivity index (χ1n) is 6.07. The molecule has 0 spiro atoms. The van der Waals surface area contributed by atoms with Gasteiger partial charge in [-0.25, -0.2) is 4.39 Å². The van der Waals surface area contributed by atoms with E-state index >= 15 is 0 Å². The average molecular weight is 292 g/mol. The molecule has 3 N–H and O–H groups in total. The van der Waals surface area contributed by atoms with Gasteiger partial charge in [0.05, 0.1) is 5.69 Å². The Kier molecular flexibility index (Phi) is 4.25. The number of halogens is 2. The maximum atomic E-state index is 14.0. The van der Waals surface area contributed by atoms with Crippen molar-refractivity contribution in [2.75, 3.05) is 11.9 Å². The molecule has 2 aromatic carbocycles. The van der Waals surface area contributed by atoms with Gasteiger partial charge in [-0.05, 0) is 35.9 Å². The second-order valence-corrected chi connectivity index (χ2v) is 5.00. The highest BCUT2D eigenvalue weighted by Crippen LogP contribution is 2.21. The monoisotopic (exact) mass is 291 g/mol. The number of rotatable bonds is 4. The van der Waals surface area contributed by atoms with Gasteiger partial charge in [0, 0.05) is 24.2 Å². The third kappa shape index (κ3) is 3.27. The number of nitrogens with two attached hydrogens (primary N) is 1. The molecule has 2 aromatic rings. The van der Waals surface area contributed by atoms with Gasteiger partial charge in [-0.3, -0.25) is 5.41 Å². The molecule has 5 heteroatoms. The molecule has 0 radical (unpaired) electrons. The molecule has 3 nitrogen and oxygen atoms in total. The van der Waals surface area contributed by atoms with E-state index in [1.807, 2.05) is 12.1 Å². The zero-order valence-corrected chi connectivity index (χ0v) is 11.8. The van der Waals surface area contributed by atoms with Gasteiger partial charge in [0.1, 0.15) is 11.7 Å². The van der Waals surface area contributed by atoms with Crippen molar-refractivity contribution in [3.8, 4) is 0 Å². The lowest BCUT2D eigenvalue weighted by Crippen LogP contribution is -2.18. The van der Waals surface area contributed by atoms with Gasteiger partial charge in [-0.15, -0.1) is 0 Å². The fourth-order valence-corrected chi connectivity index (χ4v) is 2.06. The fourth-order valence-electron chi connectivity index (χ4n) is 1.93. The first-order chi connectivity index (χ1) is 9.47. The Hall–Kier alpha value is -2.07. The third-order valence-corrected chi connectivity index (χ3v) is 3.25. The maximum Gasteiger partial charge on any atom is 0.147 e. The minimum atomic E-state index is -0.394. The number of amidine groups is 1. The molecule has 0 unspecified atom stereocenters. The minimum Gasteiger partial charge on any atom is -0.384 e. The van der Waals surface area contributed by atoms with Gasteiger partial charge in [0.2, 0.25) is 0 Å². The average Bonchev–Trinajstić information content (AvgIpc) is 2.41. The molecule has 0 bridgehead atoms. The van der Waals surface area contributed by atoms with Crippen LogP contribution >= 0.6 is 11.6 Å². The largest absolute Gasteiger partial charge is 0.384 e. The molecule has 2 rings (SSSR count).